The predicted molar refractivity (Wildman–Crippen MR) is 101 cm³/mol. The van der Waals surface area contributed by atoms with Gasteiger partial charge in [0.15, 0.2) is 5.76 Å². The van der Waals surface area contributed by atoms with Gasteiger partial charge < -0.3 is 4.52 Å². The molecule has 0 aliphatic carbocycles. The molecule has 0 aliphatic heterocycles. The Morgan fingerprint density at radius 3 is 2.70 bits per heavy atom. The summed E-state index contributed by atoms with van der Waals surface area (Å²) in [7, 11) is 0. The molecule has 0 saturated carbocycles. The van der Waals surface area contributed by atoms with Gasteiger partial charge in [0.25, 0.3) is 0 Å². The highest BCUT2D eigenvalue weighted by Gasteiger charge is 2.13. The number of aromatic nitrogens is 4. The molecule has 4 aromatic rings. The van der Waals surface area contributed by atoms with Crippen molar-refractivity contribution in [2.24, 2.45) is 0 Å². The van der Waals surface area contributed by atoms with Crippen LogP contribution in [0.15, 0.2) is 77.8 Å². The Labute approximate surface area is 156 Å². The van der Waals surface area contributed by atoms with Crippen molar-refractivity contribution >= 4 is 11.6 Å². The van der Waals surface area contributed by atoms with Gasteiger partial charge in [0.2, 0.25) is 0 Å². The second-order valence-electron chi connectivity index (χ2n) is 5.90. The second kappa shape index (κ2) is 7.50. The van der Waals surface area contributed by atoms with Gasteiger partial charge >= 0.3 is 0 Å². The summed E-state index contributed by atoms with van der Waals surface area (Å²) in [6.07, 6.45) is 8.67. The second-order valence-corrected chi connectivity index (χ2v) is 5.90. The Morgan fingerprint density at radius 2 is 2.00 bits per heavy atom. The molecule has 6 nitrogen and oxygen atoms in total. The molecular weight excluding hydrogens is 338 g/mol. The van der Waals surface area contributed by atoms with E-state index < -0.39 is 0 Å². The van der Waals surface area contributed by atoms with Crippen molar-refractivity contribution < 1.29 is 4.52 Å². The number of nitrogens with zero attached hydrogens (tertiary/aromatic N) is 5. The molecule has 0 saturated heterocycles. The molecule has 130 valence electrons. The summed E-state index contributed by atoms with van der Waals surface area (Å²) in [6, 6.07) is 17.7. The topological polar surface area (TPSA) is 80.5 Å². The molecule has 0 fully saturated rings. The van der Waals surface area contributed by atoms with Crippen molar-refractivity contribution in [2.75, 3.05) is 0 Å². The average Bonchev–Trinajstić information content (AvgIpc) is 3.38. The molecule has 0 unspecified atom stereocenters. The number of hydrogen-bond donors (Lipinski definition) is 0. The standard InChI is InChI=1S/C21H15N5O/c22-12-18(20-8-10-24-27-20)11-19-15-26(14-16-5-2-1-3-6-16)25-21(19)17-7-4-9-23-13-17/h1-11,13,15H,14H2. The molecule has 0 bridgehead atoms. The normalized spacial score (nSPS) is 11.3. The Balaban J connectivity index is 1.78. The lowest BCUT2D eigenvalue weighted by molar-refractivity contribution is 0.411. The third-order valence-corrected chi connectivity index (χ3v) is 4.04. The first-order valence-corrected chi connectivity index (χ1v) is 8.38. The minimum absolute atomic E-state index is 0.386. The van der Waals surface area contributed by atoms with E-state index in [0.29, 0.717) is 17.9 Å². The first kappa shape index (κ1) is 16.5. The number of allylic oxidation sites excluding steroid dienone is 1. The highest BCUT2D eigenvalue weighted by atomic mass is 16.5. The average molecular weight is 353 g/mol. The van der Waals surface area contributed by atoms with E-state index in [-0.39, 0.29) is 0 Å². The third kappa shape index (κ3) is 3.67. The van der Waals surface area contributed by atoms with Gasteiger partial charge in [0.1, 0.15) is 11.8 Å². The lowest BCUT2D eigenvalue weighted by Gasteiger charge is -2.01. The number of hydrogen-bond acceptors (Lipinski definition) is 5. The fraction of sp³-hybridized carbons (Fsp3) is 0.0476. The van der Waals surface area contributed by atoms with Crippen LogP contribution in [0.25, 0.3) is 22.9 Å². The minimum atomic E-state index is 0.386. The van der Waals surface area contributed by atoms with Gasteiger partial charge in [-0.25, -0.2) is 0 Å². The van der Waals surface area contributed by atoms with Crippen molar-refractivity contribution in [1.29, 1.82) is 5.26 Å². The molecule has 27 heavy (non-hydrogen) atoms. The molecule has 3 aromatic heterocycles. The maximum Gasteiger partial charge on any atom is 0.177 e. The van der Waals surface area contributed by atoms with Gasteiger partial charge in [-0.05, 0) is 23.8 Å². The van der Waals surface area contributed by atoms with Crippen LogP contribution in [0.5, 0.6) is 0 Å². The Bertz CT molecular complexity index is 1090. The molecule has 3 heterocycles. The monoisotopic (exact) mass is 353 g/mol. The summed E-state index contributed by atoms with van der Waals surface area (Å²) < 4.78 is 6.99. The molecule has 0 aliphatic rings. The van der Waals surface area contributed by atoms with Crippen LogP contribution in [-0.2, 0) is 6.54 Å². The summed E-state index contributed by atoms with van der Waals surface area (Å²) in [5.74, 6) is 0.422. The summed E-state index contributed by atoms with van der Waals surface area (Å²) in [5.41, 5.74) is 3.98. The third-order valence-electron chi connectivity index (χ3n) is 4.04. The molecule has 0 N–H and O–H groups in total. The highest BCUT2D eigenvalue weighted by molar-refractivity contribution is 5.90. The van der Waals surface area contributed by atoms with E-state index in [9.17, 15) is 5.26 Å². The van der Waals surface area contributed by atoms with Crippen LogP contribution in [0.3, 0.4) is 0 Å². The van der Waals surface area contributed by atoms with Crippen LogP contribution >= 0.6 is 0 Å². The molecule has 0 amide bonds. The van der Waals surface area contributed by atoms with Gasteiger partial charge in [0, 0.05) is 35.8 Å². The zero-order chi connectivity index (χ0) is 18.5. The molecule has 0 atom stereocenters. The Kier molecular flexibility index (Phi) is 4.58. The van der Waals surface area contributed by atoms with Crippen LogP contribution in [0, 0.1) is 11.3 Å². The minimum Gasteiger partial charge on any atom is -0.356 e. The van der Waals surface area contributed by atoms with Gasteiger partial charge in [0.05, 0.1) is 18.3 Å². The fourth-order valence-corrected chi connectivity index (χ4v) is 2.79. The van der Waals surface area contributed by atoms with Gasteiger partial charge in [-0.3, -0.25) is 9.67 Å². The fourth-order valence-electron chi connectivity index (χ4n) is 2.79. The van der Waals surface area contributed by atoms with Crippen LogP contribution in [0.1, 0.15) is 16.9 Å². The largest absolute Gasteiger partial charge is 0.356 e. The molecule has 6 heteroatoms. The highest BCUT2D eigenvalue weighted by Crippen LogP contribution is 2.26. The number of nitriles is 1. The molecule has 4 rings (SSSR count). The lowest BCUT2D eigenvalue weighted by atomic mass is 10.1. The molecule has 0 spiro atoms. The van der Waals surface area contributed by atoms with Crippen LogP contribution < -0.4 is 0 Å². The van der Waals surface area contributed by atoms with Crippen molar-refractivity contribution in [3.05, 3.63) is 90.2 Å². The van der Waals surface area contributed by atoms with E-state index >= 15 is 0 Å². The number of pyridine rings is 1. The Morgan fingerprint density at radius 1 is 1.11 bits per heavy atom. The van der Waals surface area contributed by atoms with E-state index in [4.69, 9.17) is 9.62 Å². The lowest BCUT2D eigenvalue weighted by Crippen LogP contribution is -2.00. The maximum atomic E-state index is 9.52. The van der Waals surface area contributed by atoms with Gasteiger partial charge in [-0.15, -0.1) is 0 Å². The van der Waals surface area contributed by atoms with E-state index in [1.54, 1.807) is 24.5 Å². The number of rotatable bonds is 5. The van der Waals surface area contributed by atoms with Crippen molar-refractivity contribution in [2.45, 2.75) is 6.54 Å². The van der Waals surface area contributed by atoms with Gasteiger partial charge in [-0.1, -0.05) is 35.5 Å². The SMILES string of the molecule is N#CC(=Cc1cn(Cc2ccccc2)nc1-c1cccnc1)c1ccno1. The van der Waals surface area contributed by atoms with Crippen LogP contribution in [0.4, 0.5) is 0 Å². The quantitative estimate of drug-likeness (QED) is 0.506. The molecule has 0 radical (unpaired) electrons. The zero-order valence-electron chi connectivity index (χ0n) is 14.4. The first-order chi connectivity index (χ1) is 13.3. The summed E-state index contributed by atoms with van der Waals surface area (Å²) in [6.45, 7) is 0.631. The van der Waals surface area contributed by atoms with Crippen molar-refractivity contribution in [1.82, 2.24) is 19.9 Å². The maximum absolute atomic E-state index is 9.52. The van der Waals surface area contributed by atoms with Crippen LogP contribution in [-0.4, -0.2) is 19.9 Å². The van der Waals surface area contributed by atoms with E-state index in [1.165, 1.54) is 6.20 Å². The Hall–Kier alpha value is -3.98. The molecular formula is C21H15N5O. The molecule has 1 aromatic carbocycles. The van der Waals surface area contributed by atoms with E-state index in [2.05, 4.69) is 28.3 Å². The summed E-state index contributed by atoms with van der Waals surface area (Å²) in [5, 5.41) is 17.9. The predicted octanol–water partition coefficient (Wildman–Crippen LogP) is 4.05. The summed E-state index contributed by atoms with van der Waals surface area (Å²) in [4.78, 5) is 4.18. The van der Waals surface area contributed by atoms with Crippen LogP contribution in [0.2, 0.25) is 0 Å². The zero-order valence-corrected chi connectivity index (χ0v) is 14.4. The smallest absolute Gasteiger partial charge is 0.177 e. The van der Waals surface area contributed by atoms with E-state index in [1.807, 2.05) is 41.2 Å². The van der Waals surface area contributed by atoms with Gasteiger partial charge in [-0.2, -0.15) is 10.4 Å². The van der Waals surface area contributed by atoms with Crippen molar-refractivity contribution in [3.8, 4) is 17.3 Å². The van der Waals surface area contributed by atoms with Crippen molar-refractivity contribution in [3.63, 3.8) is 0 Å². The summed E-state index contributed by atoms with van der Waals surface area (Å²) >= 11 is 0. The van der Waals surface area contributed by atoms with E-state index in [0.717, 1.165) is 22.4 Å². The number of benzene rings is 1. The first-order valence-electron chi connectivity index (χ1n) is 8.38.